The maximum Gasteiger partial charge on any atom is 0.510 e. The van der Waals surface area contributed by atoms with Crippen LogP contribution in [0, 0.1) is 28.1 Å². The van der Waals surface area contributed by atoms with Crippen molar-refractivity contribution in [3.8, 4) is 0 Å². The number of hydrogen-bond acceptors (Lipinski definition) is 18. The van der Waals surface area contributed by atoms with E-state index < -0.39 is 154 Å². The zero-order valence-corrected chi connectivity index (χ0v) is 41.5. The van der Waals surface area contributed by atoms with Gasteiger partial charge in [0.25, 0.3) is 5.91 Å². The summed E-state index contributed by atoms with van der Waals surface area (Å²) in [5.74, 6) is -8.86. The number of Topliss-reactive ketones (excluding diaryl/α,β-unsaturated/α-hetero) is 1. The lowest BCUT2D eigenvalue weighted by Crippen LogP contribution is -2.81. The summed E-state index contributed by atoms with van der Waals surface area (Å²) in [6.07, 6.45) is -12.4. The Bertz CT molecular complexity index is 2640. The maximum atomic E-state index is 16.6. The summed E-state index contributed by atoms with van der Waals surface area (Å²) in [6, 6.07) is 20.7. The van der Waals surface area contributed by atoms with Gasteiger partial charge in [0.05, 0.1) is 28.9 Å². The number of benzene rings is 3. The molecule has 4 saturated carbocycles. The van der Waals surface area contributed by atoms with Crippen molar-refractivity contribution in [3.05, 3.63) is 108 Å². The van der Waals surface area contributed by atoms with E-state index in [2.05, 4.69) is 5.32 Å². The minimum Gasteiger partial charge on any atom is -0.459 e. The van der Waals surface area contributed by atoms with Crippen molar-refractivity contribution in [2.45, 2.75) is 108 Å². The monoisotopic (exact) mass is 1040 g/mol. The van der Waals surface area contributed by atoms with Crippen LogP contribution in [0.2, 0.25) is 0 Å². The van der Waals surface area contributed by atoms with Crippen LogP contribution in [0.5, 0.6) is 0 Å². The highest BCUT2D eigenvalue weighted by Crippen LogP contribution is 2.82. The molecule has 384 valence electrons. The molecule has 1 heterocycles. The molecular formula is C51H53Cl2NO18. The van der Waals surface area contributed by atoms with E-state index in [0.29, 0.717) is 0 Å². The lowest BCUT2D eigenvalue weighted by atomic mass is 9.46. The number of ether oxygens (including phenoxy) is 9. The first-order valence-corrected chi connectivity index (χ1v) is 24.1. The smallest absolute Gasteiger partial charge is 0.459 e. The third-order valence-electron chi connectivity index (χ3n) is 15.6. The molecule has 72 heavy (non-hydrogen) atoms. The molecule has 1 amide bonds. The first-order chi connectivity index (χ1) is 34.1. The van der Waals surface area contributed by atoms with Crippen LogP contribution in [0.4, 0.5) is 9.59 Å². The number of rotatable bonds is 14. The standard InChI is InChI=1S/C51H53Cl2NO18/c1-27(55)71-49-24-64-33(49)22-32(68-44(61)65-25-52)47(5)37(49)38(70-40(58)31-20-14-9-15-21-31)50(63)23-34(48(6)42(46(50,3)4)51(48,43(47)60)72-28(2)56)67-41(59)36(69-45(62)66-26-53)35(29-16-10-7-11-17-29)54-39(57)30-18-12-8-13-19-30/h7-21,32-38,42,63H,22-26H2,1-6H3,(H,54,57). The highest BCUT2D eigenvalue weighted by Gasteiger charge is 2.96. The van der Waals surface area contributed by atoms with Crippen LogP contribution in [0.15, 0.2) is 91.0 Å². The average molecular weight is 1040 g/mol. The van der Waals surface area contributed by atoms with Crippen molar-refractivity contribution in [2.75, 3.05) is 18.7 Å². The first-order valence-electron chi connectivity index (χ1n) is 23.0. The normalized spacial score (nSPS) is 33.1. The van der Waals surface area contributed by atoms with Gasteiger partial charge in [-0.3, -0.25) is 19.2 Å². The second-order valence-corrected chi connectivity index (χ2v) is 20.0. The topological polar surface area (TPSA) is 252 Å². The Morgan fingerprint density at radius 2 is 1.32 bits per heavy atom. The van der Waals surface area contributed by atoms with Crippen LogP contribution in [-0.2, 0) is 61.8 Å². The number of halogens is 2. The highest BCUT2D eigenvalue weighted by molar-refractivity contribution is 6.17. The summed E-state index contributed by atoms with van der Waals surface area (Å²) >= 11 is 11.5. The van der Waals surface area contributed by atoms with Crippen molar-refractivity contribution in [3.63, 3.8) is 0 Å². The van der Waals surface area contributed by atoms with E-state index >= 15 is 9.59 Å². The number of carbonyl (C=O) groups is 8. The number of hydrogen-bond donors (Lipinski definition) is 2. The maximum absolute atomic E-state index is 16.6. The van der Waals surface area contributed by atoms with Gasteiger partial charge in [-0.1, -0.05) is 111 Å². The number of amides is 1. The molecule has 1 aliphatic heterocycles. The molecule has 4 aliphatic carbocycles. The summed E-state index contributed by atoms with van der Waals surface area (Å²) in [5.41, 5.74) is -12.2. The number of ketones is 1. The average Bonchev–Trinajstić information content (AvgIpc) is 3.90. The van der Waals surface area contributed by atoms with E-state index in [1.54, 1.807) is 80.6 Å². The second-order valence-electron chi connectivity index (χ2n) is 19.6. The Hall–Kier alpha value is -6.28. The van der Waals surface area contributed by atoms with Gasteiger partial charge < -0.3 is 53.1 Å². The molecule has 13 atom stereocenters. The van der Waals surface area contributed by atoms with Crippen LogP contribution >= 0.6 is 23.2 Å². The summed E-state index contributed by atoms with van der Waals surface area (Å²) in [6.45, 7) is 7.76. The number of carbonyl (C=O) groups excluding carboxylic acids is 8. The van der Waals surface area contributed by atoms with E-state index in [9.17, 15) is 33.9 Å². The predicted molar refractivity (Wildman–Crippen MR) is 248 cm³/mol. The molecule has 1 saturated heterocycles. The van der Waals surface area contributed by atoms with Crippen LogP contribution < -0.4 is 5.32 Å². The summed E-state index contributed by atoms with van der Waals surface area (Å²) < 4.78 is 52.9. The fourth-order valence-corrected chi connectivity index (χ4v) is 12.7. The minimum absolute atomic E-state index is 0.00359. The van der Waals surface area contributed by atoms with Gasteiger partial charge >= 0.3 is 36.2 Å². The largest absolute Gasteiger partial charge is 0.510 e. The minimum atomic E-state index is -2.50. The van der Waals surface area contributed by atoms with E-state index in [1.807, 2.05) is 0 Å². The van der Waals surface area contributed by atoms with Gasteiger partial charge in [0.1, 0.15) is 36.1 Å². The van der Waals surface area contributed by atoms with Gasteiger partial charge in [-0.2, -0.15) is 0 Å². The number of fused-ring (bicyclic) bond motifs is 5. The molecule has 19 nitrogen and oxygen atoms in total. The molecule has 2 bridgehead atoms. The number of nitrogens with one attached hydrogen (secondary N) is 1. The Labute approximate surface area is 423 Å². The van der Waals surface area contributed by atoms with E-state index in [-0.39, 0.29) is 23.1 Å². The summed E-state index contributed by atoms with van der Waals surface area (Å²) in [4.78, 5) is 114. The van der Waals surface area contributed by atoms with Gasteiger partial charge in [-0.25, -0.2) is 19.2 Å². The fraction of sp³-hybridized carbons (Fsp3) is 0.490. The SMILES string of the molecule is CC(=O)OC12COC1CC(OC(=O)OCCl)C1(C)C(=O)C3(OC(C)=O)C4C(C)(C)C(O)(CC(OC(=O)C(OC(=O)OCCl)C(NC(=O)c5ccccc5)c5ccccc5)C43C)C(OC(=O)c3ccccc3)C21. The van der Waals surface area contributed by atoms with Crippen molar-refractivity contribution in [1.29, 1.82) is 0 Å². The van der Waals surface area contributed by atoms with Crippen LogP contribution in [-0.4, -0.2) is 119 Å². The molecular weight excluding hydrogens is 985 g/mol. The van der Waals surface area contributed by atoms with Crippen LogP contribution in [0.25, 0.3) is 0 Å². The van der Waals surface area contributed by atoms with Gasteiger partial charge in [0, 0.05) is 43.6 Å². The Morgan fingerprint density at radius 1 is 0.750 bits per heavy atom. The van der Waals surface area contributed by atoms with E-state index in [4.69, 9.17) is 65.8 Å². The van der Waals surface area contributed by atoms with Crippen LogP contribution in [0.1, 0.15) is 86.7 Å². The third kappa shape index (κ3) is 8.21. The summed E-state index contributed by atoms with van der Waals surface area (Å²) in [7, 11) is 0. The van der Waals surface area contributed by atoms with Gasteiger partial charge in [-0.05, 0) is 36.8 Å². The molecule has 3 aromatic carbocycles. The van der Waals surface area contributed by atoms with Gasteiger partial charge in [0.15, 0.2) is 29.1 Å². The predicted octanol–water partition coefficient (Wildman–Crippen LogP) is 6.14. The molecule has 0 spiro atoms. The molecule has 2 N–H and O–H groups in total. The fourth-order valence-electron chi connectivity index (χ4n) is 12.5. The third-order valence-corrected chi connectivity index (χ3v) is 15.8. The Kier molecular flexibility index (Phi) is 13.9. The highest BCUT2D eigenvalue weighted by atomic mass is 35.5. The molecule has 5 fully saturated rings. The number of alkyl halides is 2. The number of aliphatic hydroxyl groups is 1. The molecule has 13 unspecified atom stereocenters. The lowest BCUT2D eigenvalue weighted by Gasteiger charge is -2.66. The molecule has 5 aliphatic rings. The van der Waals surface area contributed by atoms with Crippen molar-refractivity contribution >= 4 is 71.1 Å². The molecule has 3 aromatic rings. The first kappa shape index (κ1) is 52.1. The Balaban J connectivity index is 1.34. The van der Waals surface area contributed by atoms with Crippen LogP contribution in [0.3, 0.4) is 0 Å². The zero-order chi connectivity index (χ0) is 52.2. The quantitative estimate of drug-likeness (QED) is 0.104. The summed E-state index contributed by atoms with van der Waals surface area (Å²) in [5, 5.41) is 16.8. The zero-order valence-electron chi connectivity index (χ0n) is 40.0. The Morgan fingerprint density at radius 3 is 1.88 bits per heavy atom. The molecule has 21 heteroatoms. The van der Waals surface area contributed by atoms with Crippen molar-refractivity contribution in [1.82, 2.24) is 5.32 Å². The van der Waals surface area contributed by atoms with Gasteiger partial charge in [-0.15, -0.1) is 0 Å². The van der Waals surface area contributed by atoms with Crippen molar-refractivity contribution < 1.29 is 86.1 Å². The second kappa shape index (κ2) is 19.3. The van der Waals surface area contributed by atoms with E-state index in [1.165, 1.54) is 38.1 Å². The van der Waals surface area contributed by atoms with Crippen molar-refractivity contribution in [2.24, 2.45) is 28.1 Å². The molecule has 8 rings (SSSR count). The molecule has 0 aromatic heterocycles. The lowest BCUT2D eigenvalue weighted by molar-refractivity contribution is -0.348. The molecule has 0 radical (unpaired) electrons. The number of esters is 4. The van der Waals surface area contributed by atoms with Gasteiger partial charge in [0.2, 0.25) is 6.10 Å². The van der Waals surface area contributed by atoms with E-state index in [0.717, 1.165) is 13.8 Å².